The van der Waals surface area contributed by atoms with Gasteiger partial charge in [-0.1, -0.05) is 77.3 Å². The van der Waals surface area contributed by atoms with Crippen molar-refractivity contribution in [1.82, 2.24) is 4.90 Å². The highest BCUT2D eigenvalue weighted by Gasteiger charge is 2.52. The third kappa shape index (κ3) is 10.9. The number of carbonyl (C=O) groups excluding carboxylic acids is 1. The van der Waals surface area contributed by atoms with E-state index in [1.165, 1.54) is 0 Å². The number of rotatable bonds is 16. The van der Waals surface area contributed by atoms with Crippen molar-refractivity contribution >= 4 is 15.7 Å². The highest BCUT2D eigenvalue weighted by Crippen LogP contribution is 2.42. The smallest absolute Gasteiger partial charge is 0.230 e. The van der Waals surface area contributed by atoms with E-state index >= 15 is 0 Å². The van der Waals surface area contributed by atoms with Crippen LogP contribution in [0.5, 0.6) is 0 Å². The predicted octanol–water partition coefficient (Wildman–Crippen LogP) is 7.25. The van der Waals surface area contributed by atoms with E-state index in [0.717, 1.165) is 36.8 Å². The summed E-state index contributed by atoms with van der Waals surface area (Å²) in [6.45, 7) is 25.6. The fourth-order valence-electron chi connectivity index (χ4n) is 8.60. The van der Waals surface area contributed by atoms with Gasteiger partial charge in [0.2, 0.25) is 5.91 Å². The van der Waals surface area contributed by atoms with Crippen LogP contribution in [-0.4, -0.2) is 106 Å². The molecular formula is C44H65NO9S. The van der Waals surface area contributed by atoms with Crippen LogP contribution in [0.2, 0.25) is 0 Å². The fraction of sp³-hybridized carbons (Fsp3) is 0.659. The fourth-order valence-corrected chi connectivity index (χ4v) is 10.3. The van der Waals surface area contributed by atoms with Crippen LogP contribution in [0.3, 0.4) is 0 Å². The van der Waals surface area contributed by atoms with Gasteiger partial charge in [-0.3, -0.25) is 4.79 Å². The van der Waals surface area contributed by atoms with Gasteiger partial charge in [0, 0.05) is 44.2 Å². The molecule has 0 bridgehead atoms. The quantitative estimate of drug-likeness (QED) is 0.127. The van der Waals surface area contributed by atoms with Crippen LogP contribution in [0.1, 0.15) is 80.1 Å². The van der Waals surface area contributed by atoms with Gasteiger partial charge in [-0.05, 0) is 62.3 Å². The first kappa shape index (κ1) is 43.5. The van der Waals surface area contributed by atoms with E-state index in [0.29, 0.717) is 32.6 Å². The molecule has 1 aromatic carbocycles. The van der Waals surface area contributed by atoms with Crippen LogP contribution >= 0.6 is 0 Å². The normalized spacial score (nSPS) is 32.8. The van der Waals surface area contributed by atoms with Crippen molar-refractivity contribution in [2.24, 2.45) is 17.3 Å². The molecule has 11 heteroatoms. The van der Waals surface area contributed by atoms with Crippen molar-refractivity contribution < 1.29 is 41.6 Å². The lowest BCUT2D eigenvalue weighted by atomic mass is 9.83. The molecule has 1 unspecified atom stereocenters. The summed E-state index contributed by atoms with van der Waals surface area (Å²) in [5.41, 5.74) is 0.722. The maximum Gasteiger partial charge on any atom is 0.230 e. The zero-order valence-corrected chi connectivity index (χ0v) is 34.9. The number of hydrogen-bond donors (Lipinski definition) is 0. The van der Waals surface area contributed by atoms with Gasteiger partial charge >= 0.3 is 0 Å². The molecule has 0 aromatic heterocycles. The van der Waals surface area contributed by atoms with Crippen LogP contribution in [0, 0.1) is 17.3 Å². The number of benzene rings is 1. The van der Waals surface area contributed by atoms with E-state index in [1.807, 2.05) is 46.8 Å². The number of nitrogens with zero attached hydrogens (tertiary/aromatic N) is 1. The van der Waals surface area contributed by atoms with Crippen LogP contribution in [0.15, 0.2) is 84.3 Å². The van der Waals surface area contributed by atoms with Crippen molar-refractivity contribution in [1.29, 1.82) is 0 Å². The van der Waals surface area contributed by atoms with Crippen molar-refractivity contribution in [2.75, 3.05) is 32.6 Å². The first-order valence-electron chi connectivity index (χ1n) is 19.9. The number of hydrogen-bond acceptors (Lipinski definition) is 9. The molecule has 4 aliphatic heterocycles. The molecule has 0 N–H and O–H groups in total. The van der Waals surface area contributed by atoms with E-state index in [9.17, 15) is 13.2 Å². The molecule has 0 saturated carbocycles. The average molecular weight is 784 g/mol. The minimum atomic E-state index is -3.68. The molecule has 10 nitrogen and oxygen atoms in total. The van der Waals surface area contributed by atoms with E-state index in [2.05, 4.69) is 26.7 Å². The second-order valence-electron chi connectivity index (χ2n) is 17.3. The second kappa shape index (κ2) is 18.3. The van der Waals surface area contributed by atoms with Crippen LogP contribution in [-0.2, 0) is 43.1 Å². The molecule has 0 spiro atoms. The van der Waals surface area contributed by atoms with Crippen molar-refractivity contribution in [2.45, 2.75) is 140 Å². The Hall–Kier alpha value is -2.64. The third-order valence-electron chi connectivity index (χ3n) is 11.6. The van der Waals surface area contributed by atoms with Gasteiger partial charge in [-0.15, -0.1) is 6.58 Å². The van der Waals surface area contributed by atoms with Crippen molar-refractivity contribution in [3.8, 4) is 0 Å². The van der Waals surface area contributed by atoms with Crippen molar-refractivity contribution in [3.05, 3.63) is 79.4 Å². The minimum absolute atomic E-state index is 0.0162. The van der Waals surface area contributed by atoms with E-state index in [1.54, 1.807) is 48.4 Å². The number of methoxy groups -OCH3 is 1. The molecule has 1 amide bonds. The summed E-state index contributed by atoms with van der Waals surface area (Å²) in [5, 5.41) is 0. The maximum atomic E-state index is 13.9. The summed E-state index contributed by atoms with van der Waals surface area (Å²) < 4.78 is 65.8. The minimum Gasteiger partial charge on any atom is -0.378 e. The molecule has 4 aliphatic rings. The Labute approximate surface area is 330 Å². The summed E-state index contributed by atoms with van der Waals surface area (Å²) in [7, 11) is -2.07. The highest BCUT2D eigenvalue weighted by molar-refractivity contribution is 7.91. The molecular weight excluding hydrogens is 719 g/mol. The summed E-state index contributed by atoms with van der Waals surface area (Å²) in [5.74, 6) is -0.388. The molecule has 55 heavy (non-hydrogen) atoms. The molecule has 4 saturated heterocycles. The second-order valence-corrected chi connectivity index (χ2v) is 19.3. The number of sulfone groups is 1. The number of ether oxygens (including phenoxy) is 6. The van der Waals surface area contributed by atoms with Gasteiger partial charge in [-0.2, -0.15) is 0 Å². The van der Waals surface area contributed by atoms with Gasteiger partial charge in [0.25, 0.3) is 0 Å². The summed E-state index contributed by atoms with van der Waals surface area (Å²) in [6, 6.07) is 8.54. The predicted molar refractivity (Wildman–Crippen MR) is 214 cm³/mol. The van der Waals surface area contributed by atoms with Gasteiger partial charge in [0.05, 0.1) is 72.7 Å². The Morgan fingerprint density at radius 1 is 1.00 bits per heavy atom. The Bertz CT molecular complexity index is 1630. The molecule has 4 heterocycles. The Balaban J connectivity index is 1.29. The number of amides is 1. The Morgan fingerprint density at radius 3 is 2.40 bits per heavy atom. The first-order valence-corrected chi connectivity index (χ1v) is 21.6. The van der Waals surface area contributed by atoms with Crippen LogP contribution in [0.4, 0.5) is 0 Å². The van der Waals surface area contributed by atoms with Crippen molar-refractivity contribution in [3.63, 3.8) is 0 Å². The Morgan fingerprint density at radius 2 is 1.73 bits per heavy atom. The molecule has 0 aliphatic carbocycles. The van der Waals surface area contributed by atoms with Crippen LogP contribution in [0.25, 0.3) is 0 Å². The average Bonchev–Trinajstić information content (AvgIpc) is 3.75. The molecule has 1 aromatic rings. The third-order valence-corrected chi connectivity index (χ3v) is 13.4. The zero-order valence-electron chi connectivity index (χ0n) is 34.1. The lowest BCUT2D eigenvalue weighted by molar-refractivity contribution is -0.154. The van der Waals surface area contributed by atoms with Gasteiger partial charge in [-0.25, -0.2) is 8.42 Å². The lowest BCUT2D eigenvalue weighted by Crippen LogP contribution is -2.48. The van der Waals surface area contributed by atoms with Gasteiger partial charge < -0.3 is 33.3 Å². The van der Waals surface area contributed by atoms with E-state index < -0.39 is 45.2 Å². The molecule has 4 fully saturated rings. The highest BCUT2D eigenvalue weighted by atomic mass is 32.2. The zero-order chi connectivity index (χ0) is 40.1. The largest absolute Gasteiger partial charge is 0.378 e. The standard InChI is InChI=1S/C44H65NO9S/c1-11-21-50-22-15-16-32-24-30(3)37(51-32)20-19-33-23-29(2)31(4)38(52-33)26-39-36(28-55(47,48)35-17-13-12-14-18-35)41(49-10)40(53-39)25-34-27-45(44(8,9)54-34)42(46)43(5,6)7/h11-18,29,32-34,36-41H,1,3-4,19-28H2,2,5-10H3/b16-15+/t29-,32+,33+,34?,36+,37+,38-,39+,40-,41-/m1/s1. The first-order chi connectivity index (χ1) is 25.9. The monoisotopic (exact) mass is 783 g/mol. The summed E-state index contributed by atoms with van der Waals surface area (Å²) >= 11 is 0. The molecule has 0 radical (unpaired) electrons. The molecule has 5 rings (SSSR count). The summed E-state index contributed by atoms with van der Waals surface area (Å²) in [6.07, 6.45) is 7.71. The Kier molecular flexibility index (Phi) is 14.5. The molecule has 306 valence electrons. The lowest BCUT2D eigenvalue weighted by Gasteiger charge is -2.38. The maximum absolute atomic E-state index is 13.9. The SMILES string of the molecule is C=CCOC/C=C/[C@H]1CC(=C)[C@H](CC[C@H]2C[C@@H](C)C(=C)[C@@H](C[C@@H]3O[C@H](CC4CN(C(=O)C(C)(C)C)C(C)(C)O4)[C@H](OC)[C@H]3CS(=O)(=O)c3ccccc3)O2)O1. The summed E-state index contributed by atoms with van der Waals surface area (Å²) in [4.78, 5) is 15.5. The van der Waals surface area contributed by atoms with Crippen LogP contribution < -0.4 is 0 Å². The van der Waals surface area contributed by atoms with E-state index in [4.69, 9.17) is 28.4 Å². The molecule has 10 atom stereocenters. The van der Waals surface area contributed by atoms with Gasteiger partial charge in [0.1, 0.15) is 5.72 Å². The van der Waals surface area contributed by atoms with Gasteiger partial charge in [0.15, 0.2) is 9.84 Å². The van der Waals surface area contributed by atoms with E-state index in [-0.39, 0.29) is 53.0 Å². The number of carbonyl (C=O) groups is 1. The topological polar surface area (TPSA) is 110 Å².